The van der Waals surface area contributed by atoms with E-state index in [9.17, 15) is 5.11 Å². The zero-order valence-electron chi connectivity index (χ0n) is 10.1. The van der Waals surface area contributed by atoms with E-state index in [0.717, 1.165) is 6.42 Å². The van der Waals surface area contributed by atoms with Crippen LogP contribution in [0, 0.1) is 17.2 Å². The number of nitrogens with one attached hydrogen (secondary N) is 1. The number of aliphatic hydroxyl groups is 1. The van der Waals surface area contributed by atoms with Crippen molar-refractivity contribution in [2.24, 2.45) is 5.92 Å². The highest BCUT2D eigenvalue weighted by Crippen LogP contribution is 2.20. The fourth-order valence-electron chi connectivity index (χ4n) is 1.62. The van der Waals surface area contributed by atoms with E-state index < -0.39 is 6.10 Å². The van der Waals surface area contributed by atoms with Crippen molar-refractivity contribution in [2.45, 2.75) is 26.4 Å². The lowest BCUT2D eigenvalue weighted by Crippen LogP contribution is -2.21. The average Bonchev–Trinajstić information content (AvgIpc) is 2.25. The molecule has 1 unspecified atom stereocenters. The zero-order valence-corrected chi connectivity index (χ0v) is 10.8. The molecule has 0 aliphatic heterocycles. The number of rotatable bonds is 5. The number of hydrogen-bond acceptors (Lipinski definition) is 3. The Labute approximate surface area is 107 Å². The molecule has 3 nitrogen and oxygen atoms in total. The Balaban J connectivity index is 2.63. The molecule has 0 heterocycles. The smallest absolute Gasteiger partial charge is 0.101 e. The Morgan fingerprint density at radius 2 is 2.18 bits per heavy atom. The van der Waals surface area contributed by atoms with Gasteiger partial charge in [-0.05, 0) is 30.5 Å². The van der Waals surface area contributed by atoms with E-state index in [2.05, 4.69) is 25.2 Å². The molecule has 4 heteroatoms. The van der Waals surface area contributed by atoms with Gasteiger partial charge < -0.3 is 10.4 Å². The van der Waals surface area contributed by atoms with Crippen LogP contribution in [0.4, 0.5) is 5.69 Å². The minimum atomic E-state index is -0.416. The molecule has 1 rings (SSSR count). The van der Waals surface area contributed by atoms with Gasteiger partial charge in [-0.1, -0.05) is 25.4 Å². The molecular weight excluding hydrogens is 236 g/mol. The Morgan fingerprint density at radius 3 is 2.76 bits per heavy atom. The predicted molar refractivity (Wildman–Crippen MR) is 70.1 cm³/mol. The van der Waals surface area contributed by atoms with Gasteiger partial charge in [0.2, 0.25) is 0 Å². The standard InChI is InChI=1S/C13H17ClN2O/c1-9(2)5-12(17)8-16-13-6-11(14)4-3-10(13)7-15/h3-4,6,9,12,16-17H,5,8H2,1-2H3. The third kappa shape index (κ3) is 4.64. The van der Waals surface area contributed by atoms with Crippen LogP contribution in [0.1, 0.15) is 25.8 Å². The van der Waals surface area contributed by atoms with Crippen molar-refractivity contribution in [1.29, 1.82) is 5.26 Å². The van der Waals surface area contributed by atoms with Crippen molar-refractivity contribution in [3.05, 3.63) is 28.8 Å². The van der Waals surface area contributed by atoms with Crippen molar-refractivity contribution in [3.8, 4) is 6.07 Å². The second-order valence-corrected chi connectivity index (χ2v) is 4.90. The second kappa shape index (κ2) is 6.48. The molecule has 0 spiro atoms. The Morgan fingerprint density at radius 1 is 1.47 bits per heavy atom. The van der Waals surface area contributed by atoms with Gasteiger partial charge in [-0.25, -0.2) is 0 Å². The van der Waals surface area contributed by atoms with Crippen molar-refractivity contribution >= 4 is 17.3 Å². The first-order valence-corrected chi connectivity index (χ1v) is 6.02. The van der Waals surface area contributed by atoms with Crippen LogP contribution in [0.2, 0.25) is 5.02 Å². The minimum absolute atomic E-state index is 0.416. The summed E-state index contributed by atoms with van der Waals surface area (Å²) in [6.07, 6.45) is 0.315. The third-order valence-corrected chi connectivity index (χ3v) is 2.61. The maximum atomic E-state index is 9.74. The predicted octanol–water partition coefficient (Wildman–Crippen LogP) is 3.03. The molecule has 0 aliphatic carbocycles. The number of nitriles is 1. The Kier molecular flexibility index (Phi) is 5.27. The summed E-state index contributed by atoms with van der Waals surface area (Å²) < 4.78 is 0. The van der Waals surface area contributed by atoms with E-state index in [0.29, 0.717) is 28.7 Å². The Bertz CT molecular complexity index is 412. The molecule has 1 aromatic carbocycles. The Hall–Kier alpha value is -1.24. The van der Waals surface area contributed by atoms with Crippen molar-refractivity contribution < 1.29 is 5.11 Å². The number of nitrogens with zero attached hydrogens (tertiary/aromatic N) is 1. The van der Waals surface area contributed by atoms with Crippen LogP contribution in [-0.4, -0.2) is 17.8 Å². The highest BCUT2D eigenvalue weighted by molar-refractivity contribution is 6.30. The van der Waals surface area contributed by atoms with E-state index in [1.807, 2.05) is 0 Å². The molecular formula is C13H17ClN2O. The summed E-state index contributed by atoms with van der Waals surface area (Å²) >= 11 is 5.86. The molecule has 1 atom stereocenters. The molecule has 2 N–H and O–H groups in total. The maximum absolute atomic E-state index is 9.74. The quantitative estimate of drug-likeness (QED) is 0.847. The van der Waals surface area contributed by atoms with Gasteiger partial charge in [0.05, 0.1) is 17.4 Å². The summed E-state index contributed by atoms with van der Waals surface area (Å²) in [7, 11) is 0. The number of halogens is 1. The van der Waals surface area contributed by atoms with Gasteiger partial charge in [-0.3, -0.25) is 0 Å². The van der Waals surface area contributed by atoms with E-state index >= 15 is 0 Å². The van der Waals surface area contributed by atoms with E-state index in [-0.39, 0.29) is 0 Å². The van der Waals surface area contributed by atoms with Gasteiger partial charge in [0, 0.05) is 11.6 Å². The van der Waals surface area contributed by atoms with Crippen LogP contribution in [-0.2, 0) is 0 Å². The van der Waals surface area contributed by atoms with Crippen LogP contribution in [0.15, 0.2) is 18.2 Å². The molecule has 0 aromatic heterocycles. The van der Waals surface area contributed by atoms with Gasteiger partial charge in [0.25, 0.3) is 0 Å². The van der Waals surface area contributed by atoms with Crippen molar-refractivity contribution in [3.63, 3.8) is 0 Å². The molecule has 0 saturated carbocycles. The monoisotopic (exact) mass is 252 g/mol. The van der Waals surface area contributed by atoms with E-state index in [1.165, 1.54) is 0 Å². The first-order valence-electron chi connectivity index (χ1n) is 5.64. The fraction of sp³-hybridized carbons (Fsp3) is 0.462. The van der Waals surface area contributed by atoms with Crippen LogP contribution >= 0.6 is 11.6 Å². The fourth-order valence-corrected chi connectivity index (χ4v) is 1.79. The topological polar surface area (TPSA) is 56.0 Å². The summed E-state index contributed by atoms with van der Waals surface area (Å²) in [6.45, 7) is 4.54. The first-order chi connectivity index (χ1) is 8.02. The summed E-state index contributed by atoms with van der Waals surface area (Å²) in [5.74, 6) is 0.446. The summed E-state index contributed by atoms with van der Waals surface area (Å²) in [4.78, 5) is 0. The maximum Gasteiger partial charge on any atom is 0.101 e. The molecule has 92 valence electrons. The SMILES string of the molecule is CC(C)CC(O)CNc1cc(Cl)ccc1C#N. The van der Waals surface area contributed by atoms with Crippen LogP contribution < -0.4 is 5.32 Å². The highest BCUT2D eigenvalue weighted by atomic mass is 35.5. The lowest BCUT2D eigenvalue weighted by atomic mass is 10.1. The van der Waals surface area contributed by atoms with E-state index in [4.69, 9.17) is 16.9 Å². The summed E-state index contributed by atoms with van der Waals surface area (Å²) in [5, 5.41) is 22.3. The highest BCUT2D eigenvalue weighted by Gasteiger charge is 2.08. The minimum Gasteiger partial charge on any atom is -0.391 e. The van der Waals surface area contributed by atoms with E-state index in [1.54, 1.807) is 18.2 Å². The lowest BCUT2D eigenvalue weighted by molar-refractivity contribution is 0.161. The number of benzene rings is 1. The number of hydrogen-bond donors (Lipinski definition) is 2. The van der Waals surface area contributed by atoms with Crippen LogP contribution in [0.5, 0.6) is 0 Å². The summed E-state index contributed by atoms with van der Waals surface area (Å²) in [6, 6.07) is 7.12. The van der Waals surface area contributed by atoms with Gasteiger partial charge in [-0.2, -0.15) is 5.26 Å². The van der Waals surface area contributed by atoms with Crippen LogP contribution in [0.3, 0.4) is 0 Å². The van der Waals surface area contributed by atoms with Gasteiger partial charge in [0.1, 0.15) is 6.07 Å². The molecule has 0 aliphatic rings. The van der Waals surface area contributed by atoms with Crippen LogP contribution in [0.25, 0.3) is 0 Å². The van der Waals surface area contributed by atoms with Gasteiger partial charge in [-0.15, -0.1) is 0 Å². The molecule has 17 heavy (non-hydrogen) atoms. The first kappa shape index (κ1) is 13.8. The van der Waals surface area contributed by atoms with Gasteiger partial charge in [0.15, 0.2) is 0 Å². The zero-order chi connectivity index (χ0) is 12.8. The average molecular weight is 253 g/mol. The number of anilines is 1. The second-order valence-electron chi connectivity index (χ2n) is 4.47. The normalized spacial score (nSPS) is 12.2. The van der Waals surface area contributed by atoms with Gasteiger partial charge >= 0.3 is 0 Å². The molecule has 0 bridgehead atoms. The molecule has 0 amide bonds. The van der Waals surface area contributed by atoms with Crippen molar-refractivity contribution in [1.82, 2.24) is 0 Å². The lowest BCUT2D eigenvalue weighted by Gasteiger charge is -2.15. The molecule has 1 aromatic rings. The summed E-state index contributed by atoms with van der Waals surface area (Å²) in [5.41, 5.74) is 1.20. The molecule has 0 saturated heterocycles. The van der Waals surface area contributed by atoms with Crippen molar-refractivity contribution in [2.75, 3.05) is 11.9 Å². The largest absolute Gasteiger partial charge is 0.391 e. The molecule has 0 radical (unpaired) electrons. The molecule has 0 fully saturated rings. The number of aliphatic hydroxyl groups excluding tert-OH is 1. The third-order valence-electron chi connectivity index (χ3n) is 2.37.